The van der Waals surface area contributed by atoms with Gasteiger partial charge in [-0.15, -0.1) is 0 Å². The highest BCUT2D eigenvalue weighted by atomic mass is 32.2. The molecule has 0 saturated heterocycles. The van der Waals surface area contributed by atoms with Gasteiger partial charge in [-0.05, 0) is 53.4 Å². The van der Waals surface area contributed by atoms with Crippen molar-refractivity contribution in [1.29, 1.82) is 0 Å². The zero-order valence-corrected chi connectivity index (χ0v) is 17.0. The summed E-state index contributed by atoms with van der Waals surface area (Å²) < 4.78 is 68.5. The second-order valence-electron chi connectivity index (χ2n) is 6.39. The zero-order chi connectivity index (χ0) is 22.6. The van der Waals surface area contributed by atoms with Gasteiger partial charge in [-0.2, -0.15) is 21.6 Å². The van der Waals surface area contributed by atoms with E-state index in [-0.39, 0.29) is 6.61 Å². The van der Waals surface area contributed by atoms with E-state index >= 15 is 0 Å². The zero-order valence-electron chi connectivity index (χ0n) is 16.2. The SMILES string of the molecule is CCOC(=O)c1cccc(-c2ccc(-c3ccc(OS(=O)(=O)C(F)(F)F)cc3)cc2)c1. The van der Waals surface area contributed by atoms with Crippen molar-refractivity contribution in [3.8, 4) is 28.0 Å². The second-order valence-corrected chi connectivity index (χ2v) is 7.92. The minimum absolute atomic E-state index is 0.281. The Labute approximate surface area is 177 Å². The summed E-state index contributed by atoms with van der Waals surface area (Å²) in [5.41, 5.74) is -1.97. The van der Waals surface area contributed by atoms with Gasteiger partial charge in [0.25, 0.3) is 0 Å². The molecule has 3 aromatic carbocycles. The van der Waals surface area contributed by atoms with E-state index in [1.807, 2.05) is 18.2 Å². The lowest BCUT2D eigenvalue weighted by atomic mass is 9.99. The molecule has 3 aromatic rings. The van der Waals surface area contributed by atoms with E-state index in [9.17, 15) is 26.4 Å². The van der Waals surface area contributed by atoms with E-state index in [2.05, 4.69) is 4.18 Å². The average Bonchev–Trinajstić information content (AvgIpc) is 2.74. The Morgan fingerprint density at radius 2 is 1.35 bits per heavy atom. The maximum atomic E-state index is 12.4. The lowest BCUT2D eigenvalue weighted by Crippen LogP contribution is -2.28. The van der Waals surface area contributed by atoms with Crippen molar-refractivity contribution in [3.63, 3.8) is 0 Å². The van der Waals surface area contributed by atoms with Crippen LogP contribution in [-0.4, -0.2) is 26.5 Å². The van der Waals surface area contributed by atoms with Crippen LogP contribution >= 0.6 is 0 Å². The molecule has 5 nitrogen and oxygen atoms in total. The Kier molecular flexibility index (Phi) is 6.35. The number of esters is 1. The van der Waals surface area contributed by atoms with Gasteiger partial charge in [0, 0.05) is 0 Å². The van der Waals surface area contributed by atoms with Gasteiger partial charge in [-0.1, -0.05) is 48.5 Å². The molecule has 0 radical (unpaired) electrons. The van der Waals surface area contributed by atoms with Gasteiger partial charge >= 0.3 is 21.6 Å². The summed E-state index contributed by atoms with van der Waals surface area (Å²) >= 11 is 0. The van der Waals surface area contributed by atoms with Crippen LogP contribution in [0.4, 0.5) is 13.2 Å². The molecule has 0 atom stereocenters. The number of ether oxygens (including phenoxy) is 1. The highest BCUT2D eigenvalue weighted by molar-refractivity contribution is 7.88. The number of carbonyl (C=O) groups excluding carboxylic acids is 1. The number of rotatable bonds is 6. The van der Waals surface area contributed by atoms with Crippen molar-refractivity contribution in [2.24, 2.45) is 0 Å². The van der Waals surface area contributed by atoms with Gasteiger partial charge in [0.15, 0.2) is 0 Å². The van der Waals surface area contributed by atoms with E-state index < -0.39 is 27.3 Å². The maximum Gasteiger partial charge on any atom is 0.534 e. The first-order chi connectivity index (χ1) is 14.6. The molecule has 0 aliphatic heterocycles. The Morgan fingerprint density at radius 3 is 1.87 bits per heavy atom. The molecule has 3 rings (SSSR count). The predicted molar refractivity (Wildman–Crippen MR) is 109 cm³/mol. The maximum absolute atomic E-state index is 12.4. The third-order valence-electron chi connectivity index (χ3n) is 4.27. The number of hydrogen-bond acceptors (Lipinski definition) is 5. The Morgan fingerprint density at radius 1 is 0.839 bits per heavy atom. The molecule has 0 heterocycles. The monoisotopic (exact) mass is 450 g/mol. The summed E-state index contributed by atoms with van der Waals surface area (Å²) in [6.07, 6.45) is 0. The number of alkyl halides is 3. The average molecular weight is 450 g/mol. The number of benzene rings is 3. The molecule has 0 aliphatic carbocycles. The lowest BCUT2D eigenvalue weighted by molar-refractivity contribution is -0.0500. The van der Waals surface area contributed by atoms with Crippen LogP contribution in [0, 0.1) is 0 Å². The van der Waals surface area contributed by atoms with E-state index in [1.54, 1.807) is 37.3 Å². The molecule has 31 heavy (non-hydrogen) atoms. The fourth-order valence-corrected chi connectivity index (χ4v) is 3.23. The topological polar surface area (TPSA) is 69.7 Å². The Balaban J connectivity index is 1.78. The summed E-state index contributed by atoms with van der Waals surface area (Å²) in [6, 6.07) is 19.5. The third-order valence-corrected chi connectivity index (χ3v) is 5.25. The largest absolute Gasteiger partial charge is 0.534 e. The third kappa shape index (κ3) is 5.24. The van der Waals surface area contributed by atoms with Crippen molar-refractivity contribution >= 4 is 16.1 Å². The van der Waals surface area contributed by atoms with Crippen LogP contribution in [0.3, 0.4) is 0 Å². The van der Waals surface area contributed by atoms with E-state index in [0.717, 1.165) is 28.8 Å². The molecule has 0 bridgehead atoms. The normalized spacial score (nSPS) is 11.7. The van der Waals surface area contributed by atoms with E-state index in [1.165, 1.54) is 12.1 Å². The van der Waals surface area contributed by atoms with Crippen LogP contribution in [0.15, 0.2) is 72.8 Å². The Hall–Kier alpha value is -3.33. The Bertz CT molecular complexity index is 1170. The van der Waals surface area contributed by atoms with Crippen molar-refractivity contribution < 1.29 is 35.3 Å². The molecule has 0 spiro atoms. The molecule has 0 amide bonds. The molecule has 0 N–H and O–H groups in total. The fraction of sp³-hybridized carbons (Fsp3) is 0.136. The summed E-state index contributed by atoms with van der Waals surface area (Å²) in [6.45, 7) is 2.01. The van der Waals surface area contributed by atoms with E-state index in [0.29, 0.717) is 11.1 Å². The van der Waals surface area contributed by atoms with Crippen LogP contribution in [0.25, 0.3) is 22.3 Å². The minimum Gasteiger partial charge on any atom is -0.462 e. The van der Waals surface area contributed by atoms with Gasteiger partial charge in [-0.3, -0.25) is 0 Å². The first-order valence-electron chi connectivity index (χ1n) is 9.09. The first-order valence-corrected chi connectivity index (χ1v) is 10.5. The molecular formula is C22H17F3O5S. The van der Waals surface area contributed by atoms with Gasteiger partial charge in [0.2, 0.25) is 0 Å². The highest BCUT2D eigenvalue weighted by Gasteiger charge is 2.48. The van der Waals surface area contributed by atoms with Gasteiger partial charge in [0.1, 0.15) is 5.75 Å². The molecule has 0 aliphatic rings. The van der Waals surface area contributed by atoms with Crippen molar-refractivity contribution in [1.82, 2.24) is 0 Å². The summed E-state index contributed by atoms with van der Waals surface area (Å²) in [5.74, 6) is -0.843. The number of hydrogen-bond donors (Lipinski definition) is 0. The van der Waals surface area contributed by atoms with Crippen LogP contribution in [0.2, 0.25) is 0 Å². The van der Waals surface area contributed by atoms with Crippen molar-refractivity contribution in [3.05, 3.63) is 78.4 Å². The molecule has 0 fully saturated rings. The van der Waals surface area contributed by atoms with Crippen LogP contribution in [0.5, 0.6) is 5.75 Å². The number of halogens is 3. The van der Waals surface area contributed by atoms with Gasteiger partial charge in [0.05, 0.1) is 12.2 Å². The molecule has 0 saturated carbocycles. The smallest absolute Gasteiger partial charge is 0.462 e. The first kappa shape index (κ1) is 22.4. The minimum atomic E-state index is -5.71. The molecular weight excluding hydrogens is 433 g/mol. The van der Waals surface area contributed by atoms with Crippen molar-refractivity contribution in [2.45, 2.75) is 12.4 Å². The summed E-state index contributed by atoms with van der Waals surface area (Å²) in [4.78, 5) is 11.9. The molecule has 0 unspecified atom stereocenters. The fourth-order valence-electron chi connectivity index (χ4n) is 2.77. The molecule has 0 aromatic heterocycles. The van der Waals surface area contributed by atoms with Gasteiger partial charge in [-0.25, -0.2) is 4.79 Å². The van der Waals surface area contributed by atoms with Crippen LogP contribution in [-0.2, 0) is 14.9 Å². The second kappa shape index (κ2) is 8.81. The van der Waals surface area contributed by atoms with Crippen molar-refractivity contribution in [2.75, 3.05) is 6.61 Å². The lowest BCUT2D eigenvalue weighted by Gasteiger charge is -2.10. The van der Waals surface area contributed by atoms with Crippen LogP contribution in [0.1, 0.15) is 17.3 Å². The quantitative estimate of drug-likeness (QED) is 0.285. The van der Waals surface area contributed by atoms with Crippen LogP contribution < -0.4 is 4.18 Å². The van der Waals surface area contributed by atoms with Gasteiger partial charge < -0.3 is 8.92 Å². The molecule has 162 valence electrons. The number of carbonyl (C=O) groups is 1. The van der Waals surface area contributed by atoms with E-state index in [4.69, 9.17) is 4.74 Å². The predicted octanol–water partition coefficient (Wildman–Crippen LogP) is 5.43. The summed E-state index contributed by atoms with van der Waals surface area (Å²) in [5, 5.41) is 0. The standard InChI is InChI=1S/C22H17F3O5S/c1-2-29-21(26)19-5-3-4-18(14-19)17-8-6-15(7-9-17)16-10-12-20(13-11-16)30-31(27,28)22(23,24)25/h3-14H,2H2,1H3. The molecule has 9 heteroatoms. The highest BCUT2D eigenvalue weighted by Crippen LogP contribution is 2.30. The summed E-state index contributed by atoms with van der Waals surface area (Å²) in [7, 11) is -5.71.